The summed E-state index contributed by atoms with van der Waals surface area (Å²) >= 11 is 0.453. The molecule has 0 bridgehead atoms. The van der Waals surface area contributed by atoms with Gasteiger partial charge in [0, 0.05) is 0 Å². The number of ether oxygens (including phenoxy) is 2. The van der Waals surface area contributed by atoms with Crippen LogP contribution in [0.25, 0.3) is 0 Å². The van der Waals surface area contributed by atoms with Crippen molar-refractivity contribution in [2.75, 3.05) is 0 Å². The van der Waals surface area contributed by atoms with Crippen LogP contribution in [-0.2, 0) is 19.1 Å². The number of rotatable bonds is 11. The van der Waals surface area contributed by atoms with Gasteiger partial charge in [-0.3, -0.25) is 0 Å². The van der Waals surface area contributed by atoms with Gasteiger partial charge in [0.1, 0.15) is 0 Å². The average molecular weight is 560 g/mol. The molecular weight excluding hydrogens is 526 g/mol. The molecule has 0 unspecified atom stereocenters. The molecule has 0 spiro atoms. The van der Waals surface area contributed by atoms with Crippen LogP contribution < -0.4 is 22.1 Å². The summed E-state index contributed by atoms with van der Waals surface area (Å²) in [7, 11) is 0. The van der Waals surface area contributed by atoms with Crippen LogP contribution in [0.3, 0.4) is 0 Å². The van der Waals surface area contributed by atoms with Crippen molar-refractivity contribution in [1.29, 1.82) is 0 Å². The van der Waals surface area contributed by atoms with Gasteiger partial charge in [0.25, 0.3) is 0 Å². The van der Waals surface area contributed by atoms with Gasteiger partial charge in [-0.05, 0) is 0 Å². The molecule has 0 saturated carbocycles. The number of amides is 4. The summed E-state index contributed by atoms with van der Waals surface area (Å²) in [5, 5.41) is 6.46. The molecule has 12 heteroatoms. The van der Waals surface area contributed by atoms with E-state index in [0.717, 1.165) is 10.6 Å². The first-order chi connectivity index (χ1) is 13.6. The van der Waals surface area contributed by atoms with E-state index in [1.165, 1.54) is 0 Å². The molecule has 0 radical (unpaired) electrons. The van der Waals surface area contributed by atoms with Crippen LogP contribution in [0.1, 0.15) is 54.4 Å². The molecule has 10 nitrogen and oxygen atoms in total. The van der Waals surface area contributed by atoms with Crippen LogP contribution in [0.5, 0.6) is 0 Å². The quantitative estimate of drug-likeness (QED) is 0.215. The van der Waals surface area contributed by atoms with E-state index in [1.54, 1.807) is 41.5 Å². The SMILES string of the molecule is CC(C)(C)OC(=O)N[C@H](CC[Se][Se]CC[C@@H](NC(=O)OC(C)(C)C)C(N)=O)C(N)=O. The summed E-state index contributed by atoms with van der Waals surface area (Å²) in [4.78, 5) is 46.7. The van der Waals surface area contributed by atoms with Crippen molar-refractivity contribution in [1.82, 2.24) is 10.6 Å². The molecule has 0 rings (SSSR count). The average Bonchev–Trinajstić information content (AvgIpc) is 2.51. The summed E-state index contributed by atoms with van der Waals surface area (Å²) in [6.07, 6.45) is -0.513. The third-order valence-electron chi connectivity index (χ3n) is 3.13. The molecule has 0 aromatic carbocycles. The Morgan fingerprint density at radius 2 is 1.03 bits per heavy atom. The molecule has 0 aromatic heterocycles. The van der Waals surface area contributed by atoms with Crippen LogP contribution >= 0.6 is 0 Å². The van der Waals surface area contributed by atoms with Crippen molar-refractivity contribution in [3.05, 3.63) is 0 Å². The van der Waals surface area contributed by atoms with Gasteiger partial charge in [0.2, 0.25) is 0 Å². The molecule has 0 saturated heterocycles. The first kappa shape index (κ1) is 28.5. The van der Waals surface area contributed by atoms with Crippen molar-refractivity contribution in [2.24, 2.45) is 11.5 Å². The fourth-order valence-electron chi connectivity index (χ4n) is 1.92. The zero-order valence-electron chi connectivity index (χ0n) is 18.4. The maximum absolute atomic E-state index is 11.8. The van der Waals surface area contributed by atoms with Crippen molar-refractivity contribution in [3.8, 4) is 0 Å². The number of nitrogens with one attached hydrogen (secondary N) is 2. The number of carbonyl (C=O) groups is 4. The molecule has 2 atom stereocenters. The molecule has 0 fully saturated rings. The minimum absolute atomic E-state index is 0.227. The second kappa shape index (κ2) is 13.0. The van der Waals surface area contributed by atoms with E-state index < -0.39 is 47.3 Å². The third-order valence-corrected chi connectivity index (χ3v) is 10.6. The van der Waals surface area contributed by atoms with Gasteiger partial charge in [-0.2, -0.15) is 0 Å². The van der Waals surface area contributed by atoms with Crippen molar-refractivity contribution in [2.45, 2.75) is 88.3 Å². The summed E-state index contributed by atoms with van der Waals surface area (Å²) in [6.45, 7) is 10.4. The third kappa shape index (κ3) is 15.4. The van der Waals surface area contributed by atoms with E-state index >= 15 is 0 Å². The normalized spacial score (nSPS) is 13.7. The van der Waals surface area contributed by atoms with Gasteiger partial charge in [0.05, 0.1) is 0 Å². The van der Waals surface area contributed by atoms with Crippen LogP contribution in [0.15, 0.2) is 0 Å². The molecular formula is C18H34N4O6Se2. The molecule has 0 aliphatic heterocycles. The van der Waals surface area contributed by atoms with Gasteiger partial charge in [0.15, 0.2) is 0 Å². The molecule has 6 N–H and O–H groups in total. The number of alkyl carbamates (subject to hydrolysis) is 2. The van der Waals surface area contributed by atoms with E-state index in [2.05, 4.69) is 10.6 Å². The van der Waals surface area contributed by atoms with E-state index in [9.17, 15) is 19.2 Å². The number of nitrogens with two attached hydrogens (primary N) is 2. The van der Waals surface area contributed by atoms with E-state index in [-0.39, 0.29) is 26.3 Å². The summed E-state index contributed by atoms with van der Waals surface area (Å²) in [5.74, 6) is -1.22. The Morgan fingerprint density at radius 1 is 0.733 bits per heavy atom. The zero-order chi connectivity index (χ0) is 23.5. The molecule has 30 heavy (non-hydrogen) atoms. The molecule has 174 valence electrons. The van der Waals surface area contributed by atoms with Gasteiger partial charge >= 0.3 is 189 Å². The molecule has 0 aliphatic rings. The Bertz CT molecular complexity index is 552. The van der Waals surface area contributed by atoms with Gasteiger partial charge in [-0.25, -0.2) is 0 Å². The summed E-state index contributed by atoms with van der Waals surface area (Å²) in [6, 6.07) is -1.57. The van der Waals surface area contributed by atoms with Crippen LogP contribution in [0.4, 0.5) is 9.59 Å². The van der Waals surface area contributed by atoms with Gasteiger partial charge < -0.3 is 0 Å². The standard InChI is InChI=1S/C18H34N4O6Se2/c1-17(2,3)27-15(25)21-11(13(19)23)7-9-29-30-10-8-12(14(20)24)22-16(26)28-18(4,5)6/h11-12H,7-10H2,1-6H3,(H2,19,23)(H2,20,24)(H,21,25)(H,22,26)/t11-,12-/m1/s1. The topological polar surface area (TPSA) is 163 Å². The number of carbonyl (C=O) groups excluding carboxylic acids is 4. The van der Waals surface area contributed by atoms with Gasteiger partial charge in [-0.15, -0.1) is 0 Å². The Balaban J connectivity index is 4.28. The van der Waals surface area contributed by atoms with Crippen LogP contribution in [0, 0.1) is 0 Å². The maximum atomic E-state index is 11.8. The molecule has 0 aromatic rings. The molecule has 0 aliphatic carbocycles. The van der Waals surface area contributed by atoms with Gasteiger partial charge in [-0.1, -0.05) is 0 Å². The minimum atomic E-state index is -0.787. The molecule has 0 heterocycles. The molecule has 4 amide bonds. The van der Waals surface area contributed by atoms with Crippen LogP contribution in [-0.4, -0.2) is 73.5 Å². The predicted octanol–water partition coefficient (Wildman–Crippen LogP) is 0.684. The first-order valence-corrected chi connectivity index (χ1v) is 16.2. The first-order valence-electron chi connectivity index (χ1n) is 9.43. The van der Waals surface area contributed by atoms with Crippen LogP contribution in [0.2, 0.25) is 10.6 Å². The second-order valence-corrected chi connectivity index (χ2v) is 16.3. The predicted molar refractivity (Wildman–Crippen MR) is 115 cm³/mol. The number of hydrogen-bond acceptors (Lipinski definition) is 6. The fourth-order valence-corrected chi connectivity index (χ4v) is 8.48. The number of primary amides is 2. The number of hydrogen-bond donors (Lipinski definition) is 4. The second-order valence-electron chi connectivity index (χ2n) is 8.42. The van der Waals surface area contributed by atoms with E-state index in [4.69, 9.17) is 20.9 Å². The Morgan fingerprint density at radius 3 is 1.27 bits per heavy atom. The van der Waals surface area contributed by atoms with Crippen molar-refractivity contribution >= 4 is 50.3 Å². The zero-order valence-corrected chi connectivity index (χ0v) is 21.8. The fraction of sp³-hybridized carbons (Fsp3) is 0.778. The summed E-state index contributed by atoms with van der Waals surface area (Å²) in [5.41, 5.74) is 9.38. The Hall–Kier alpha value is -1.48. The van der Waals surface area contributed by atoms with Crippen molar-refractivity contribution < 1.29 is 28.7 Å². The van der Waals surface area contributed by atoms with E-state index in [0.29, 0.717) is 12.8 Å². The van der Waals surface area contributed by atoms with Crippen molar-refractivity contribution in [3.63, 3.8) is 0 Å². The Labute approximate surface area is 189 Å². The van der Waals surface area contributed by atoms with E-state index in [1.807, 2.05) is 0 Å². The summed E-state index contributed by atoms with van der Waals surface area (Å²) < 4.78 is 10.3. The Kier molecular flexibility index (Phi) is 12.4. The monoisotopic (exact) mass is 562 g/mol.